The number of fused-ring (bicyclic) bond motifs is 1. The highest BCUT2D eigenvalue weighted by atomic mass is 16.5. The number of nitrogens with zero attached hydrogens (tertiary/aromatic N) is 3. The first-order valence-electron chi connectivity index (χ1n) is 10.2. The average Bonchev–Trinajstić information content (AvgIpc) is 3.20. The summed E-state index contributed by atoms with van der Waals surface area (Å²) in [7, 11) is 0. The van der Waals surface area contributed by atoms with E-state index in [2.05, 4.69) is 74.6 Å². The molecule has 0 atom stereocenters. The van der Waals surface area contributed by atoms with Crippen LogP contribution in [0.3, 0.4) is 0 Å². The van der Waals surface area contributed by atoms with Crippen LogP contribution >= 0.6 is 0 Å². The van der Waals surface area contributed by atoms with Crippen LogP contribution in [0.25, 0.3) is 27.8 Å². The van der Waals surface area contributed by atoms with Crippen LogP contribution in [0.5, 0.6) is 0 Å². The molecule has 1 N–H and O–H groups in total. The fourth-order valence-electron chi connectivity index (χ4n) is 4.01. The summed E-state index contributed by atoms with van der Waals surface area (Å²) in [5, 5.41) is 4.68. The summed E-state index contributed by atoms with van der Waals surface area (Å²) >= 11 is 0. The minimum absolute atomic E-state index is 0.616. The topological polar surface area (TPSA) is 52.0 Å². The van der Waals surface area contributed by atoms with Gasteiger partial charge in [0.05, 0.1) is 5.39 Å². The zero-order chi connectivity index (χ0) is 19.5. The number of aromatic nitrogens is 3. The van der Waals surface area contributed by atoms with Crippen LogP contribution in [0.15, 0.2) is 73.2 Å². The average molecular weight is 384 g/mol. The van der Waals surface area contributed by atoms with Crippen molar-refractivity contribution in [2.45, 2.75) is 12.8 Å². The molecule has 1 fully saturated rings. The van der Waals surface area contributed by atoms with Gasteiger partial charge in [-0.25, -0.2) is 9.97 Å². The molecule has 2 aromatic heterocycles. The molecular weight excluding hydrogens is 360 g/mol. The Labute approximate surface area is 170 Å². The molecule has 0 bridgehead atoms. The van der Waals surface area contributed by atoms with Gasteiger partial charge < -0.3 is 14.6 Å². The number of nitrogens with one attached hydrogen (secondary N) is 1. The van der Waals surface area contributed by atoms with E-state index in [9.17, 15) is 0 Å². The molecule has 1 aliphatic heterocycles. The van der Waals surface area contributed by atoms with Crippen molar-refractivity contribution in [2.75, 3.05) is 25.1 Å². The lowest BCUT2D eigenvalue weighted by Crippen LogP contribution is -2.23. The van der Waals surface area contributed by atoms with E-state index in [1.165, 1.54) is 0 Å². The molecule has 0 saturated carbocycles. The standard InChI is InChI=1S/C24H24N4O/c1-3-7-19(8-4-1)21-16-28(20-9-5-2-6-10-20)24-22(21)23(26-17-27-24)25-15-18-11-13-29-14-12-18/h1-10,16-18H,11-15H2,(H,25,26,27). The van der Waals surface area contributed by atoms with Crippen molar-refractivity contribution in [3.8, 4) is 16.8 Å². The Hall–Kier alpha value is -3.18. The molecule has 0 spiro atoms. The molecule has 29 heavy (non-hydrogen) atoms. The fourth-order valence-corrected chi connectivity index (χ4v) is 4.01. The molecule has 4 aromatic rings. The van der Waals surface area contributed by atoms with Crippen LogP contribution in [0.2, 0.25) is 0 Å². The van der Waals surface area contributed by atoms with E-state index in [-0.39, 0.29) is 0 Å². The van der Waals surface area contributed by atoms with Gasteiger partial charge in [0.2, 0.25) is 0 Å². The summed E-state index contributed by atoms with van der Waals surface area (Å²) in [5.41, 5.74) is 4.31. The van der Waals surface area contributed by atoms with Gasteiger partial charge >= 0.3 is 0 Å². The van der Waals surface area contributed by atoms with Gasteiger partial charge in [0, 0.05) is 37.2 Å². The summed E-state index contributed by atoms with van der Waals surface area (Å²) in [6.07, 6.45) is 6.02. The van der Waals surface area contributed by atoms with Crippen LogP contribution in [0.4, 0.5) is 5.82 Å². The van der Waals surface area contributed by atoms with E-state index in [1.807, 2.05) is 12.1 Å². The van der Waals surface area contributed by atoms with Crippen molar-refractivity contribution >= 4 is 16.9 Å². The Morgan fingerprint density at radius 2 is 1.66 bits per heavy atom. The monoisotopic (exact) mass is 384 g/mol. The van der Waals surface area contributed by atoms with Crippen molar-refractivity contribution in [3.63, 3.8) is 0 Å². The molecule has 0 unspecified atom stereocenters. The SMILES string of the molecule is c1ccc(-c2cn(-c3ccccc3)c3ncnc(NCC4CCOCC4)c23)cc1. The van der Waals surface area contributed by atoms with Crippen LogP contribution in [0, 0.1) is 5.92 Å². The van der Waals surface area contributed by atoms with Gasteiger partial charge in [0.1, 0.15) is 12.1 Å². The first-order chi connectivity index (χ1) is 14.4. The molecule has 5 heteroatoms. The minimum atomic E-state index is 0.616. The van der Waals surface area contributed by atoms with E-state index in [0.29, 0.717) is 5.92 Å². The Morgan fingerprint density at radius 1 is 0.931 bits per heavy atom. The zero-order valence-corrected chi connectivity index (χ0v) is 16.3. The molecule has 5 rings (SSSR count). The summed E-state index contributed by atoms with van der Waals surface area (Å²) in [4.78, 5) is 9.27. The lowest BCUT2D eigenvalue weighted by atomic mass is 10.0. The lowest BCUT2D eigenvalue weighted by Gasteiger charge is -2.22. The molecule has 0 amide bonds. The van der Waals surface area contributed by atoms with Crippen LogP contribution in [-0.2, 0) is 4.74 Å². The Balaban J connectivity index is 1.61. The first kappa shape index (κ1) is 17.9. The van der Waals surface area contributed by atoms with Gasteiger partial charge in [-0.3, -0.25) is 0 Å². The summed E-state index contributed by atoms with van der Waals surface area (Å²) in [6.45, 7) is 2.61. The zero-order valence-electron chi connectivity index (χ0n) is 16.3. The molecule has 146 valence electrons. The Kier molecular flexibility index (Phi) is 4.97. The third-order valence-corrected chi connectivity index (χ3v) is 5.60. The molecular formula is C24H24N4O. The maximum absolute atomic E-state index is 5.49. The fraction of sp³-hybridized carbons (Fsp3) is 0.250. The highest BCUT2D eigenvalue weighted by Crippen LogP contribution is 2.35. The van der Waals surface area contributed by atoms with Gasteiger partial charge in [-0.2, -0.15) is 0 Å². The van der Waals surface area contributed by atoms with Crippen molar-refractivity contribution in [1.29, 1.82) is 0 Å². The lowest BCUT2D eigenvalue weighted by molar-refractivity contribution is 0.0699. The Morgan fingerprint density at radius 3 is 2.41 bits per heavy atom. The number of anilines is 1. The van der Waals surface area contributed by atoms with E-state index in [4.69, 9.17) is 4.74 Å². The summed E-state index contributed by atoms with van der Waals surface area (Å²) in [6, 6.07) is 20.8. The van der Waals surface area contributed by atoms with Crippen molar-refractivity contribution in [3.05, 3.63) is 73.2 Å². The van der Waals surface area contributed by atoms with Crippen molar-refractivity contribution in [1.82, 2.24) is 14.5 Å². The number of hydrogen-bond donors (Lipinski definition) is 1. The first-order valence-corrected chi connectivity index (χ1v) is 10.2. The molecule has 0 aliphatic carbocycles. The molecule has 5 nitrogen and oxygen atoms in total. The number of para-hydroxylation sites is 1. The van der Waals surface area contributed by atoms with Crippen LogP contribution in [-0.4, -0.2) is 34.3 Å². The van der Waals surface area contributed by atoms with Gasteiger partial charge in [-0.05, 0) is 36.5 Å². The van der Waals surface area contributed by atoms with E-state index < -0.39 is 0 Å². The Bertz CT molecular complexity index is 1090. The number of benzene rings is 2. The molecule has 1 aliphatic rings. The highest BCUT2D eigenvalue weighted by molar-refractivity contribution is 6.02. The van der Waals surface area contributed by atoms with E-state index in [1.54, 1.807) is 6.33 Å². The highest BCUT2D eigenvalue weighted by Gasteiger charge is 2.19. The normalized spacial score (nSPS) is 14.9. The van der Waals surface area contributed by atoms with Gasteiger partial charge in [-0.1, -0.05) is 48.5 Å². The minimum Gasteiger partial charge on any atom is -0.381 e. The number of hydrogen-bond acceptors (Lipinski definition) is 4. The van der Waals surface area contributed by atoms with Gasteiger partial charge in [-0.15, -0.1) is 0 Å². The number of rotatable bonds is 5. The second-order valence-electron chi connectivity index (χ2n) is 7.47. The summed E-state index contributed by atoms with van der Waals surface area (Å²) < 4.78 is 7.65. The van der Waals surface area contributed by atoms with Crippen molar-refractivity contribution in [2.24, 2.45) is 5.92 Å². The van der Waals surface area contributed by atoms with Crippen LogP contribution < -0.4 is 5.32 Å². The predicted octanol–water partition coefficient (Wildman–Crippen LogP) is 4.93. The molecule has 3 heterocycles. The smallest absolute Gasteiger partial charge is 0.150 e. The maximum atomic E-state index is 5.49. The number of ether oxygens (including phenoxy) is 1. The maximum Gasteiger partial charge on any atom is 0.150 e. The predicted molar refractivity (Wildman–Crippen MR) is 116 cm³/mol. The van der Waals surface area contributed by atoms with E-state index >= 15 is 0 Å². The summed E-state index contributed by atoms with van der Waals surface area (Å²) in [5.74, 6) is 1.51. The van der Waals surface area contributed by atoms with E-state index in [0.717, 1.165) is 66.3 Å². The quantitative estimate of drug-likeness (QED) is 0.530. The molecule has 0 radical (unpaired) electrons. The van der Waals surface area contributed by atoms with Crippen molar-refractivity contribution < 1.29 is 4.74 Å². The molecule has 1 saturated heterocycles. The second-order valence-corrected chi connectivity index (χ2v) is 7.47. The molecule has 2 aromatic carbocycles. The second kappa shape index (κ2) is 8.05. The van der Waals surface area contributed by atoms with Gasteiger partial charge in [0.15, 0.2) is 5.65 Å². The third kappa shape index (κ3) is 3.61. The van der Waals surface area contributed by atoms with Gasteiger partial charge in [0.25, 0.3) is 0 Å². The third-order valence-electron chi connectivity index (χ3n) is 5.60. The largest absolute Gasteiger partial charge is 0.381 e. The van der Waals surface area contributed by atoms with Crippen LogP contribution in [0.1, 0.15) is 12.8 Å².